The number of benzene rings is 1. The average molecular weight is 560 g/mol. The third-order valence-corrected chi connectivity index (χ3v) is 10.1. The largest absolute Gasteiger partial charge is 0.448 e. The number of hydrogen-bond acceptors (Lipinski definition) is 5. The molecule has 220 valence electrons. The molecule has 4 aliphatic rings. The summed E-state index contributed by atoms with van der Waals surface area (Å²) < 4.78 is 13.7. The summed E-state index contributed by atoms with van der Waals surface area (Å²) in [5, 5.41) is 0. The molecule has 7 nitrogen and oxygen atoms in total. The van der Waals surface area contributed by atoms with Gasteiger partial charge in [-0.15, -0.1) is 0 Å². The van der Waals surface area contributed by atoms with Crippen LogP contribution in [0.2, 0.25) is 0 Å². The third kappa shape index (κ3) is 4.90. The number of carbonyl (C=O) groups is 1. The predicted molar refractivity (Wildman–Crippen MR) is 162 cm³/mol. The van der Waals surface area contributed by atoms with Crippen LogP contribution >= 0.6 is 0 Å². The first kappa shape index (κ1) is 28.1. The van der Waals surface area contributed by atoms with Gasteiger partial charge in [0.05, 0.1) is 12.1 Å². The van der Waals surface area contributed by atoms with E-state index in [2.05, 4.69) is 37.0 Å². The van der Waals surface area contributed by atoms with E-state index < -0.39 is 5.79 Å². The van der Waals surface area contributed by atoms with Crippen LogP contribution in [0.1, 0.15) is 102 Å². The molecule has 2 aliphatic carbocycles. The zero-order valence-electron chi connectivity index (χ0n) is 25.6. The van der Waals surface area contributed by atoms with Crippen molar-refractivity contribution < 1.29 is 14.3 Å². The lowest BCUT2D eigenvalue weighted by molar-refractivity contribution is -0.123. The van der Waals surface area contributed by atoms with E-state index in [-0.39, 0.29) is 11.5 Å². The number of H-pyrrole nitrogens is 1. The highest BCUT2D eigenvalue weighted by Gasteiger charge is 2.49. The van der Waals surface area contributed by atoms with E-state index in [0.29, 0.717) is 30.6 Å². The van der Waals surface area contributed by atoms with E-state index in [9.17, 15) is 9.59 Å². The summed E-state index contributed by atoms with van der Waals surface area (Å²) in [7, 11) is 4.33. The number of hydrogen-bond donors (Lipinski definition) is 1. The van der Waals surface area contributed by atoms with E-state index in [1.807, 2.05) is 31.7 Å². The van der Waals surface area contributed by atoms with Crippen molar-refractivity contribution in [2.75, 3.05) is 20.6 Å². The van der Waals surface area contributed by atoms with E-state index in [4.69, 9.17) is 9.47 Å². The first-order chi connectivity index (χ1) is 19.6. The number of carbonyl (C=O) groups excluding carboxylic acids is 1. The number of aromatic amines is 1. The Balaban J connectivity index is 1.39. The highest BCUT2D eigenvalue weighted by Crippen LogP contribution is 2.54. The summed E-state index contributed by atoms with van der Waals surface area (Å²) in [6, 6.07) is 2.58. The Morgan fingerprint density at radius 1 is 1.00 bits per heavy atom. The van der Waals surface area contributed by atoms with Crippen LogP contribution in [-0.4, -0.2) is 53.2 Å². The fourth-order valence-corrected chi connectivity index (χ4v) is 7.69. The Labute approximate surface area is 243 Å². The highest BCUT2D eigenvalue weighted by atomic mass is 16.7. The summed E-state index contributed by atoms with van der Waals surface area (Å²) in [6.45, 7) is 8.83. The molecule has 0 bridgehead atoms. The first-order valence-electron chi connectivity index (χ1n) is 15.5. The van der Waals surface area contributed by atoms with Crippen molar-refractivity contribution in [3.63, 3.8) is 0 Å². The van der Waals surface area contributed by atoms with Gasteiger partial charge in [-0.2, -0.15) is 0 Å². The van der Waals surface area contributed by atoms with Crippen LogP contribution in [0.3, 0.4) is 0 Å². The molecule has 1 saturated carbocycles. The van der Waals surface area contributed by atoms with E-state index >= 15 is 0 Å². The predicted octanol–water partition coefficient (Wildman–Crippen LogP) is 6.06. The monoisotopic (exact) mass is 559 g/mol. The van der Waals surface area contributed by atoms with Gasteiger partial charge in [0.1, 0.15) is 0 Å². The number of allylic oxidation sites excluding steroid dienone is 2. The van der Waals surface area contributed by atoms with Crippen LogP contribution in [0, 0.1) is 26.7 Å². The zero-order valence-corrected chi connectivity index (χ0v) is 25.6. The third-order valence-electron chi connectivity index (χ3n) is 10.1. The summed E-state index contributed by atoms with van der Waals surface area (Å²) in [5.41, 5.74) is 7.38. The fourth-order valence-electron chi connectivity index (χ4n) is 7.69. The van der Waals surface area contributed by atoms with E-state index in [1.54, 1.807) is 0 Å². The number of aryl methyl sites for hydroxylation is 2. The van der Waals surface area contributed by atoms with Crippen molar-refractivity contribution >= 4 is 11.5 Å². The van der Waals surface area contributed by atoms with E-state index in [0.717, 1.165) is 96.4 Å². The molecule has 0 radical (unpaired) electrons. The van der Waals surface area contributed by atoms with Gasteiger partial charge in [0.15, 0.2) is 11.5 Å². The summed E-state index contributed by atoms with van der Waals surface area (Å²) in [4.78, 5) is 34.1. The minimum absolute atomic E-state index is 0.0210. The van der Waals surface area contributed by atoms with Gasteiger partial charge in [-0.3, -0.25) is 9.59 Å². The number of fused-ring (bicyclic) bond motifs is 2. The quantitative estimate of drug-likeness (QED) is 0.482. The molecular formula is C34H45N3O4. The van der Waals surface area contributed by atoms with Crippen molar-refractivity contribution in [3.05, 3.63) is 61.6 Å². The Morgan fingerprint density at radius 3 is 2.39 bits per heavy atom. The second-order valence-electron chi connectivity index (χ2n) is 13.1. The van der Waals surface area contributed by atoms with Gasteiger partial charge in [0.25, 0.3) is 17.3 Å². The Kier molecular flexibility index (Phi) is 7.29. The number of pyridine rings is 1. The minimum Gasteiger partial charge on any atom is -0.448 e. The number of nitrogens with one attached hydrogen (secondary N) is 1. The molecule has 1 amide bonds. The van der Waals surface area contributed by atoms with Gasteiger partial charge < -0.3 is 24.3 Å². The summed E-state index contributed by atoms with van der Waals surface area (Å²) >= 11 is 0. The molecule has 3 heterocycles. The topological polar surface area (TPSA) is 74.9 Å². The minimum atomic E-state index is -0.743. The van der Waals surface area contributed by atoms with Gasteiger partial charge in [-0.1, -0.05) is 6.08 Å². The van der Waals surface area contributed by atoms with Gasteiger partial charge >= 0.3 is 0 Å². The molecule has 1 aromatic heterocycles. The molecule has 1 unspecified atom stereocenters. The van der Waals surface area contributed by atoms with Gasteiger partial charge in [0.2, 0.25) is 0 Å². The number of rotatable bonds is 5. The molecular weight excluding hydrogens is 514 g/mol. The molecule has 0 spiro atoms. The smallest absolute Gasteiger partial charge is 0.254 e. The second-order valence-corrected chi connectivity index (χ2v) is 13.1. The molecule has 1 fully saturated rings. The molecule has 1 atom stereocenters. The standard InChI is InChI=1S/C34H45N3O4/c1-20-18-21(2)35-32(38)27(20)19-37-17-16-26-28(33(37)39)22(3)30-31(29(26)23-10-8-7-9-11-23)41-34(4,40-30)24-12-14-25(15-13-24)36(5)6/h10,18,24-25H,7-9,11-17,19H2,1-6H3,(H,35,38)/t24-,25-,34?. The van der Waals surface area contributed by atoms with Gasteiger partial charge in [-0.05, 0) is 115 Å². The normalized spacial score (nSPS) is 25.9. The van der Waals surface area contributed by atoms with E-state index in [1.165, 1.54) is 12.0 Å². The molecule has 0 saturated heterocycles. The Bertz CT molecular complexity index is 1460. The fraction of sp³-hybridized carbons (Fsp3) is 0.588. The zero-order chi connectivity index (χ0) is 29.1. The average Bonchev–Trinajstić information content (AvgIpc) is 3.31. The van der Waals surface area contributed by atoms with Crippen molar-refractivity contribution in [3.8, 4) is 11.5 Å². The summed E-state index contributed by atoms with van der Waals surface area (Å²) in [6.07, 6.45) is 11.8. The van der Waals surface area contributed by atoms with Crippen LogP contribution in [-0.2, 0) is 13.0 Å². The molecule has 6 rings (SSSR count). The summed E-state index contributed by atoms with van der Waals surface area (Å²) in [5.74, 6) is 1.11. The second kappa shape index (κ2) is 10.6. The molecule has 1 aromatic carbocycles. The first-order valence-corrected chi connectivity index (χ1v) is 15.5. The highest BCUT2D eigenvalue weighted by molar-refractivity contribution is 6.01. The van der Waals surface area contributed by atoms with Crippen molar-refractivity contribution in [1.29, 1.82) is 0 Å². The van der Waals surface area contributed by atoms with Crippen molar-refractivity contribution in [2.24, 2.45) is 5.92 Å². The number of aromatic nitrogens is 1. The SMILES string of the molecule is Cc1cc(C)c(CN2CCc3c(c(C)c4c(c3C3=CCCCC3)OC(C)([C@H]3CC[C@H](N(C)C)CC3)O4)C2=O)c(=O)[nH]1. The lowest BCUT2D eigenvalue weighted by atomic mass is 9.81. The van der Waals surface area contributed by atoms with Crippen LogP contribution in [0.5, 0.6) is 11.5 Å². The lowest BCUT2D eigenvalue weighted by Crippen LogP contribution is -2.46. The van der Waals surface area contributed by atoms with Crippen LogP contribution in [0.4, 0.5) is 0 Å². The Hall–Kier alpha value is -3.06. The Morgan fingerprint density at radius 2 is 1.73 bits per heavy atom. The van der Waals surface area contributed by atoms with Crippen molar-refractivity contribution in [1.82, 2.24) is 14.8 Å². The van der Waals surface area contributed by atoms with Crippen LogP contribution in [0.15, 0.2) is 16.9 Å². The van der Waals surface area contributed by atoms with Crippen LogP contribution < -0.4 is 15.0 Å². The molecule has 2 aliphatic heterocycles. The van der Waals surface area contributed by atoms with Crippen molar-refractivity contribution in [2.45, 2.75) is 104 Å². The number of amides is 1. The molecule has 41 heavy (non-hydrogen) atoms. The number of ether oxygens (including phenoxy) is 2. The maximum Gasteiger partial charge on any atom is 0.254 e. The van der Waals surface area contributed by atoms with Crippen LogP contribution in [0.25, 0.3) is 5.57 Å². The maximum absolute atomic E-state index is 14.2. The van der Waals surface area contributed by atoms with Gasteiger partial charge in [0, 0.05) is 47.8 Å². The lowest BCUT2D eigenvalue weighted by Gasteiger charge is -2.39. The maximum atomic E-state index is 14.2. The molecule has 2 aromatic rings. The molecule has 7 heteroatoms. The van der Waals surface area contributed by atoms with Gasteiger partial charge in [-0.25, -0.2) is 0 Å². The number of nitrogens with zero attached hydrogens (tertiary/aromatic N) is 2. The molecule has 1 N–H and O–H groups in total.